The quantitative estimate of drug-likeness (QED) is 0.381. The molecule has 0 bridgehead atoms. The number of halogens is 3. The Morgan fingerprint density at radius 3 is 2.48 bits per heavy atom. The zero-order valence-electron chi connectivity index (χ0n) is 18.1. The van der Waals surface area contributed by atoms with Gasteiger partial charge in [-0.1, -0.05) is 24.6 Å². The second kappa shape index (κ2) is 8.62. The molecule has 33 heavy (non-hydrogen) atoms. The number of fused-ring (bicyclic) bond motifs is 2. The Balaban J connectivity index is 1.50. The third-order valence-corrected chi connectivity index (χ3v) is 6.98. The van der Waals surface area contributed by atoms with E-state index < -0.39 is 6.36 Å². The van der Waals surface area contributed by atoms with Gasteiger partial charge in [-0.2, -0.15) is 0 Å². The molecule has 2 aromatic rings. The summed E-state index contributed by atoms with van der Waals surface area (Å²) in [6.07, 6.45) is 0.454. The topological polar surface area (TPSA) is 70.8 Å². The van der Waals surface area contributed by atoms with Gasteiger partial charge in [0.2, 0.25) is 0 Å². The molecule has 0 aromatic heterocycles. The van der Waals surface area contributed by atoms with Crippen LogP contribution in [-0.4, -0.2) is 35.9 Å². The molecular formula is C24H27F3N4O2. The van der Waals surface area contributed by atoms with Crippen LogP contribution in [0.3, 0.4) is 0 Å². The fourth-order valence-electron chi connectivity index (χ4n) is 5.61. The Bertz CT molecular complexity index is 1010. The number of hydrazine groups is 1. The predicted molar refractivity (Wildman–Crippen MR) is 117 cm³/mol. The molecule has 2 aliphatic carbocycles. The summed E-state index contributed by atoms with van der Waals surface area (Å²) in [7, 11) is 0. The number of hydrogen-bond donors (Lipinski definition) is 2. The Labute approximate surface area is 190 Å². The van der Waals surface area contributed by atoms with Gasteiger partial charge in [-0.25, -0.2) is 5.43 Å². The van der Waals surface area contributed by atoms with Crippen LogP contribution in [0.15, 0.2) is 48.5 Å². The fourth-order valence-corrected chi connectivity index (χ4v) is 5.61. The maximum absolute atomic E-state index is 13.7. The van der Waals surface area contributed by atoms with Crippen molar-refractivity contribution in [3.05, 3.63) is 59.7 Å². The van der Waals surface area contributed by atoms with Crippen molar-refractivity contribution in [1.29, 1.82) is 0 Å². The minimum Gasteiger partial charge on any atom is -0.406 e. The Hall–Kier alpha value is -2.62. The van der Waals surface area contributed by atoms with Crippen molar-refractivity contribution in [1.82, 2.24) is 10.3 Å². The molecule has 9 heteroatoms. The Morgan fingerprint density at radius 2 is 1.82 bits per heavy atom. The van der Waals surface area contributed by atoms with Crippen LogP contribution in [0.1, 0.15) is 54.1 Å². The highest BCUT2D eigenvalue weighted by Gasteiger charge is 2.50. The molecule has 3 atom stereocenters. The van der Waals surface area contributed by atoms with Crippen molar-refractivity contribution in [3.8, 4) is 5.75 Å². The first-order valence-electron chi connectivity index (χ1n) is 11.3. The van der Waals surface area contributed by atoms with Gasteiger partial charge in [0.15, 0.2) is 0 Å². The molecule has 2 aromatic carbocycles. The molecule has 2 saturated carbocycles. The number of carbonyl (C=O) groups is 1. The van der Waals surface area contributed by atoms with Gasteiger partial charge >= 0.3 is 6.36 Å². The number of nitrogens with one attached hydrogen (secondary N) is 1. The summed E-state index contributed by atoms with van der Waals surface area (Å²) in [5.41, 5.74) is 5.14. The van der Waals surface area contributed by atoms with Crippen molar-refractivity contribution >= 4 is 11.6 Å². The van der Waals surface area contributed by atoms with Gasteiger partial charge < -0.3 is 9.64 Å². The maximum atomic E-state index is 13.7. The van der Waals surface area contributed by atoms with E-state index in [4.69, 9.17) is 5.84 Å². The highest BCUT2D eigenvalue weighted by molar-refractivity contribution is 6.07. The molecule has 1 heterocycles. The summed E-state index contributed by atoms with van der Waals surface area (Å²) in [5, 5.41) is 0. The van der Waals surface area contributed by atoms with E-state index in [0.29, 0.717) is 18.3 Å². The molecule has 3 aliphatic rings. The van der Waals surface area contributed by atoms with Gasteiger partial charge in [0.05, 0.1) is 6.67 Å². The Morgan fingerprint density at radius 1 is 1.09 bits per heavy atom. The summed E-state index contributed by atoms with van der Waals surface area (Å²) in [4.78, 5) is 18.0. The molecule has 0 spiro atoms. The number of benzene rings is 2. The van der Waals surface area contributed by atoms with Crippen molar-refractivity contribution in [2.75, 3.05) is 11.6 Å². The van der Waals surface area contributed by atoms with Crippen LogP contribution in [0, 0.1) is 5.92 Å². The SMILES string of the molecule is NNCN(C1CC1)C1c2ccccc2N(C(=O)c2ccc(OC(F)(F)F)cc2)C2CCCC21. The molecule has 176 valence electrons. The summed E-state index contributed by atoms with van der Waals surface area (Å²) >= 11 is 0. The molecule has 3 unspecified atom stereocenters. The number of nitrogens with zero attached hydrogens (tertiary/aromatic N) is 2. The van der Waals surface area contributed by atoms with E-state index in [0.717, 1.165) is 43.4 Å². The van der Waals surface area contributed by atoms with Crippen LogP contribution in [0.4, 0.5) is 18.9 Å². The normalized spacial score (nSPS) is 24.5. The van der Waals surface area contributed by atoms with E-state index in [2.05, 4.69) is 21.1 Å². The summed E-state index contributed by atoms with van der Waals surface area (Å²) in [6, 6.07) is 13.8. The zero-order valence-corrected chi connectivity index (χ0v) is 18.1. The first-order chi connectivity index (χ1) is 15.9. The fraction of sp³-hybridized carbons (Fsp3) is 0.458. The smallest absolute Gasteiger partial charge is 0.406 e. The van der Waals surface area contributed by atoms with E-state index >= 15 is 0 Å². The van der Waals surface area contributed by atoms with Crippen LogP contribution in [0.2, 0.25) is 0 Å². The van der Waals surface area contributed by atoms with Crippen molar-refractivity contribution in [2.24, 2.45) is 11.8 Å². The van der Waals surface area contributed by atoms with Crippen LogP contribution < -0.4 is 20.9 Å². The van der Waals surface area contributed by atoms with Crippen LogP contribution in [0.25, 0.3) is 0 Å². The number of hydrogen-bond acceptors (Lipinski definition) is 5. The van der Waals surface area contributed by atoms with E-state index in [1.807, 2.05) is 23.1 Å². The van der Waals surface area contributed by atoms with Crippen LogP contribution in [0.5, 0.6) is 5.75 Å². The average Bonchev–Trinajstić information content (AvgIpc) is 3.52. The van der Waals surface area contributed by atoms with Crippen molar-refractivity contribution < 1.29 is 22.7 Å². The molecule has 0 saturated heterocycles. The minimum atomic E-state index is -4.77. The number of carbonyl (C=O) groups excluding carboxylic acids is 1. The molecular weight excluding hydrogens is 433 g/mol. The molecule has 6 nitrogen and oxygen atoms in total. The number of anilines is 1. The number of para-hydroxylation sites is 1. The van der Waals surface area contributed by atoms with Gasteiger partial charge in [-0.05, 0) is 67.5 Å². The van der Waals surface area contributed by atoms with Crippen molar-refractivity contribution in [2.45, 2.75) is 56.6 Å². The molecule has 1 aliphatic heterocycles. The molecule has 1 amide bonds. The summed E-state index contributed by atoms with van der Waals surface area (Å²) in [6.45, 7) is 0.585. The van der Waals surface area contributed by atoms with Gasteiger partial charge in [0.1, 0.15) is 5.75 Å². The lowest BCUT2D eigenvalue weighted by atomic mass is 9.81. The van der Waals surface area contributed by atoms with E-state index in [1.54, 1.807) is 0 Å². The molecule has 5 rings (SSSR count). The van der Waals surface area contributed by atoms with Crippen molar-refractivity contribution in [3.63, 3.8) is 0 Å². The maximum Gasteiger partial charge on any atom is 0.573 e. The van der Waals surface area contributed by atoms with Crippen LogP contribution >= 0.6 is 0 Å². The summed E-state index contributed by atoms with van der Waals surface area (Å²) in [5.74, 6) is 5.45. The first-order valence-corrected chi connectivity index (χ1v) is 11.3. The third kappa shape index (κ3) is 4.32. The second-order valence-corrected chi connectivity index (χ2v) is 9.02. The lowest BCUT2D eigenvalue weighted by molar-refractivity contribution is -0.274. The lowest BCUT2D eigenvalue weighted by Crippen LogP contribution is -2.53. The largest absolute Gasteiger partial charge is 0.573 e. The van der Waals surface area contributed by atoms with Gasteiger partial charge in [0, 0.05) is 29.4 Å². The van der Waals surface area contributed by atoms with E-state index in [9.17, 15) is 18.0 Å². The highest BCUT2D eigenvalue weighted by atomic mass is 19.4. The number of nitrogens with two attached hydrogens (primary N) is 1. The van der Waals surface area contributed by atoms with E-state index in [-0.39, 0.29) is 29.7 Å². The third-order valence-electron chi connectivity index (χ3n) is 6.98. The number of ether oxygens (including phenoxy) is 1. The monoisotopic (exact) mass is 460 g/mol. The zero-order chi connectivity index (χ0) is 23.2. The van der Waals surface area contributed by atoms with Gasteiger partial charge in [-0.15, -0.1) is 13.2 Å². The highest BCUT2D eigenvalue weighted by Crippen LogP contribution is 2.52. The lowest BCUT2D eigenvalue weighted by Gasteiger charge is -2.47. The van der Waals surface area contributed by atoms with E-state index in [1.165, 1.54) is 24.3 Å². The van der Waals surface area contributed by atoms with Crippen LogP contribution in [-0.2, 0) is 0 Å². The average molecular weight is 461 g/mol. The Kier molecular flexibility index (Phi) is 5.80. The number of alkyl halides is 3. The van der Waals surface area contributed by atoms with Gasteiger partial charge in [-0.3, -0.25) is 15.5 Å². The van der Waals surface area contributed by atoms with Gasteiger partial charge in [0.25, 0.3) is 5.91 Å². The molecule has 0 radical (unpaired) electrons. The molecule has 3 N–H and O–H groups in total. The number of rotatable bonds is 6. The molecule has 2 fully saturated rings. The predicted octanol–water partition coefficient (Wildman–Crippen LogP) is 4.34. The minimum absolute atomic E-state index is 0.0301. The second-order valence-electron chi connectivity index (χ2n) is 9.02. The summed E-state index contributed by atoms with van der Waals surface area (Å²) < 4.78 is 41.5. The first kappa shape index (κ1) is 22.2. The standard InChI is InChI=1S/C24H27F3N4O2/c25-24(26,27)33-17-12-8-15(9-13-17)23(32)31-20-6-2-1-4-18(20)22(19-5-3-7-21(19)31)30(14-29-28)16-10-11-16/h1-2,4,6,8-9,12-13,16,19,21-22,29H,3,5,7,10-11,14,28H2. The number of amides is 1.